The summed E-state index contributed by atoms with van der Waals surface area (Å²) in [6.45, 7) is 3.61. The highest BCUT2D eigenvalue weighted by atomic mass is 16.4. The number of aromatic nitrogens is 4. The average Bonchev–Trinajstić information content (AvgIpc) is 3.37. The van der Waals surface area contributed by atoms with Gasteiger partial charge in [-0.3, -0.25) is 19.0 Å². The molecule has 2 aliphatic rings. The number of hydrogen-bond donors (Lipinski definition) is 2. The third kappa shape index (κ3) is 4.10. The highest BCUT2D eigenvalue weighted by Crippen LogP contribution is 2.32. The Morgan fingerprint density at radius 3 is 2.58 bits per heavy atom. The van der Waals surface area contributed by atoms with Crippen molar-refractivity contribution in [1.82, 2.24) is 24.4 Å². The molecule has 1 aliphatic heterocycles. The number of anilines is 2. The van der Waals surface area contributed by atoms with Gasteiger partial charge in [-0.2, -0.15) is 4.98 Å². The Balaban J connectivity index is 1.50. The van der Waals surface area contributed by atoms with E-state index in [2.05, 4.69) is 20.3 Å². The van der Waals surface area contributed by atoms with Crippen molar-refractivity contribution in [2.45, 2.75) is 58.5 Å². The topological polar surface area (TPSA) is 147 Å². The van der Waals surface area contributed by atoms with Crippen LogP contribution in [0.5, 0.6) is 0 Å². The summed E-state index contributed by atoms with van der Waals surface area (Å²) in [7, 11) is 0. The zero-order valence-corrected chi connectivity index (χ0v) is 20.1. The third-order valence-electron chi connectivity index (χ3n) is 7.01. The molecule has 1 fully saturated rings. The van der Waals surface area contributed by atoms with Gasteiger partial charge in [0, 0.05) is 42.8 Å². The van der Waals surface area contributed by atoms with Gasteiger partial charge in [-0.15, -0.1) is 0 Å². The summed E-state index contributed by atoms with van der Waals surface area (Å²) < 4.78 is 1.66. The lowest BCUT2D eigenvalue weighted by molar-refractivity contribution is -0.156. The normalized spacial score (nSPS) is 15.7. The molecule has 186 valence electrons. The van der Waals surface area contributed by atoms with E-state index in [4.69, 9.17) is 5.11 Å². The first kappa shape index (κ1) is 23.6. The first-order chi connectivity index (χ1) is 17.2. The van der Waals surface area contributed by atoms with Crippen LogP contribution in [0.25, 0.3) is 11.0 Å². The number of nitrogens with one attached hydrogen (secondary N) is 1. The molecule has 0 saturated heterocycles. The van der Waals surface area contributed by atoms with Crippen molar-refractivity contribution in [1.29, 1.82) is 0 Å². The van der Waals surface area contributed by atoms with Crippen LogP contribution in [0.4, 0.5) is 11.8 Å². The minimum absolute atomic E-state index is 0.0141. The predicted molar refractivity (Wildman–Crippen MR) is 130 cm³/mol. The second kappa shape index (κ2) is 9.14. The Hall–Kier alpha value is -4.15. The number of rotatable bonds is 4. The van der Waals surface area contributed by atoms with Crippen molar-refractivity contribution in [2.75, 3.05) is 11.9 Å². The molecule has 0 bridgehead atoms. The largest absolute Gasteiger partial charge is 0.474 e. The SMILES string of the molecule is CC(=O)c1c(C)c2cnc(Nc3ccc4c(n3)CCN(C(=O)C(=O)O)C4)nc2n(C2CCCC2)c1=O. The van der Waals surface area contributed by atoms with E-state index < -0.39 is 11.9 Å². The number of pyridine rings is 2. The number of nitrogens with zero attached hydrogens (tertiary/aromatic N) is 5. The number of carbonyl (C=O) groups excluding carboxylic acids is 2. The molecule has 0 spiro atoms. The van der Waals surface area contributed by atoms with Gasteiger partial charge in [-0.05, 0) is 43.9 Å². The fourth-order valence-corrected chi connectivity index (χ4v) is 5.22. The summed E-state index contributed by atoms with van der Waals surface area (Å²) in [6.07, 6.45) is 5.81. The summed E-state index contributed by atoms with van der Waals surface area (Å²) in [5.41, 5.74) is 2.49. The molecule has 3 aromatic rings. The third-order valence-corrected chi connectivity index (χ3v) is 7.01. The number of carboxylic acid groups (broad SMARTS) is 1. The highest BCUT2D eigenvalue weighted by Gasteiger charge is 2.27. The average molecular weight is 491 g/mol. The van der Waals surface area contributed by atoms with Gasteiger partial charge >= 0.3 is 11.9 Å². The number of ketones is 1. The number of carboxylic acids is 1. The van der Waals surface area contributed by atoms with Crippen LogP contribution in [0.2, 0.25) is 0 Å². The van der Waals surface area contributed by atoms with Crippen molar-refractivity contribution in [3.05, 3.63) is 51.1 Å². The first-order valence-electron chi connectivity index (χ1n) is 12.0. The van der Waals surface area contributed by atoms with Gasteiger partial charge in [0.05, 0.1) is 5.56 Å². The van der Waals surface area contributed by atoms with Gasteiger partial charge < -0.3 is 15.3 Å². The maximum absolute atomic E-state index is 13.4. The standard InChI is InChI=1S/C25H26N6O5/c1-13-17-11-26-25(29-21(17)31(16-5-3-4-6-16)22(33)20(13)14(2)32)28-19-8-7-15-12-30(23(34)24(35)36)10-9-18(15)27-19/h7-8,11,16H,3-6,9-10,12H2,1-2H3,(H,35,36)(H,26,27,28,29). The number of aryl methyl sites for hydroxylation is 1. The Kier molecular flexibility index (Phi) is 5.99. The van der Waals surface area contributed by atoms with Crippen molar-refractivity contribution in [3.63, 3.8) is 0 Å². The summed E-state index contributed by atoms with van der Waals surface area (Å²) in [6, 6.07) is 3.50. The second-order valence-electron chi connectivity index (χ2n) is 9.31. The molecule has 0 radical (unpaired) electrons. The monoisotopic (exact) mass is 490 g/mol. The van der Waals surface area contributed by atoms with Crippen molar-refractivity contribution in [2.24, 2.45) is 0 Å². The van der Waals surface area contributed by atoms with Crippen LogP contribution in [0.15, 0.2) is 23.1 Å². The fraction of sp³-hybridized carbons (Fsp3) is 0.400. The van der Waals surface area contributed by atoms with E-state index >= 15 is 0 Å². The predicted octanol–water partition coefficient (Wildman–Crippen LogP) is 2.53. The lowest BCUT2D eigenvalue weighted by Gasteiger charge is -2.27. The molecular weight excluding hydrogens is 464 g/mol. The molecule has 1 aliphatic carbocycles. The molecule has 5 rings (SSSR count). The molecule has 2 N–H and O–H groups in total. The second-order valence-corrected chi connectivity index (χ2v) is 9.31. The quantitative estimate of drug-likeness (QED) is 0.416. The van der Waals surface area contributed by atoms with E-state index in [1.165, 1.54) is 11.8 Å². The van der Waals surface area contributed by atoms with Gasteiger partial charge in [-0.1, -0.05) is 18.9 Å². The number of carbonyl (C=O) groups is 3. The number of hydrogen-bond acceptors (Lipinski definition) is 8. The summed E-state index contributed by atoms with van der Waals surface area (Å²) in [5, 5.41) is 12.7. The van der Waals surface area contributed by atoms with Crippen LogP contribution >= 0.6 is 0 Å². The lowest BCUT2D eigenvalue weighted by atomic mass is 10.0. The van der Waals surface area contributed by atoms with Crippen LogP contribution in [-0.4, -0.2) is 53.7 Å². The Bertz CT molecular complexity index is 1470. The number of amides is 1. The number of Topliss-reactive ketones (excluding diaryl/α,β-unsaturated/α-hetero) is 1. The van der Waals surface area contributed by atoms with Crippen LogP contribution in [0, 0.1) is 6.92 Å². The Morgan fingerprint density at radius 2 is 1.89 bits per heavy atom. The fourth-order valence-electron chi connectivity index (χ4n) is 5.22. The van der Waals surface area contributed by atoms with Crippen molar-refractivity contribution < 1.29 is 19.5 Å². The van der Waals surface area contributed by atoms with E-state index in [0.717, 1.165) is 36.9 Å². The van der Waals surface area contributed by atoms with Crippen LogP contribution in [0.1, 0.15) is 65.8 Å². The van der Waals surface area contributed by atoms with E-state index in [0.29, 0.717) is 28.8 Å². The minimum Gasteiger partial charge on any atom is -0.474 e. The van der Waals surface area contributed by atoms with Crippen molar-refractivity contribution >= 4 is 40.5 Å². The Labute approximate surface area is 206 Å². The minimum atomic E-state index is -1.47. The highest BCUT2D eigenvalue weighted by molar-refractivity contribution is 6.31. The van der Waals surface area contributed by atoms with Gasteiger partial charge in [0.2, 0.25) is 5.95 Å². The molecule has 3 aromatic heterocycles. The van der Waals surface area contributed by atoms with E-state index in [1.807, 2.05) is 0 Å². The molecular formula is C25H26N6O5. The van der Waals surface area contributed by atoms with E-state index in [1.54, 1.807) is 29.8 Å². The molecule has 1 amide bonds. The molecule has 11 heteroatoms. The zero-order valence-electron chi connectivity index (χ0n) is 20.1. The van der Waals surface area contributed by atoms with E-state index in [-0.39, 0.29) is 42.0 Å². The molecule has 11 nitrogen and oxygen atoms in total. The van der Waals surface area contributed by atoms with Crippen molar-refractivity contribution in [3.8, 4) is 0 Å². The van der Waals surface area contributed by atoms with Crippen LogP contribution < -0.4 is 10.9 Å². The van der Waals surface area contributed by atoms with Crippen LogP contribution in [0.3, 0.4) is 0 Å². The summed E-state index contributed by atoms with van der Waals surface area (Å²) in [4.78, 5) is 63.4. The van der Waals surface area contributed by atoms with Gasteiger partial charge in [0.1, 0.15) is 11.5 Å². The smallest absolute Gasteiger partial charge is 0.394 e. The number of fused-ring (bicyclic) bond motifs is 2. The molecule has 0 unspecified atom stereocenters. The van der Waals surface area contributed by atoms with E-state index in [9.17, 15) is 19.2 Å². The molecule has 4 heterocycles. The molecule has 1 saturated carbocycles. The Morgan fingerprint density at radius 1 is 1.14 bits per heavy atom. The van der Waals surface area contributed by atoms with Crippen LogP contribution in [-0.2, 0) is 22.6 Å². The lowest BCUT2D eigenvalue weighted by Crippen LogP contribution is -2.40. The maximum atomic E-state index is 13.4. The summed E-state index contributed by atoms with van der Waals surface area (Å²) in [5.74, 6) is -1.90. The number of aliphatic carboxylic acids is 1. The summed E-state index contributed by atoms with van der Waals surface area (Å²) >= 11 is 0. The zero-order chi connectivity index (χ0) is 25.6. The molecule has 0 aromatic carbocycles. The molecule has 0 atom stereocenters. The van der Waals surface area contributed by atoms with Gasteiger partial charge in [0.15, 0.2) is 5.78 Å². The molecule has 36 heavy (non-hydrogen) atoms. The van der Waals surface area contributed by atoms with Gasteiger partial charge in [-0.25, -0.2) is 14.8 Å². The maximum Gasteiger partial charge on any atom is 0.394 e. The van der Waals surface area contributed by atoms with Gasteiger partial charge in [0.25, 0.3) is 5.56 Å². The first-order valence-corrected chi connectivity index (χ1v) is 12.0.